The van der Waals surface area contributed by atoms with Gasteiger partial charge in [-0.05, 0) is 82.7 Å². The van der Waals surface area contributed by atoms with Gasteiger partial charge in [0.25, 0.3) is 0 Å². The second-order valence-corrected chi connectivity index (χ2v) is 14.9. The predicted molar refractivity (Wildman–Crippen MR) is 176 cm³/mol. The molecule has 0 heterocycles. The highest BCUT2D eigenvalue weighted by Crippen LogP contribution is 2.74. The number of fused-ring (bicyclic) bond motifs is 6. The molecule has 5 heteroatoms. The van der Waals surface area contributed by atoms with Crippen LogP contribution in [0.4, 0.5) is 0 Å². The maximum atomic E-state index is 14.8. The minimum Gasteiger partial charge on any atom is -0.396 e. The van der Waals surface area contributed by atoms with Crippen molar-refractivity contribution in [1.82, 2.24) is 0 Å². The Bertz CT molecular complexity index is 1770. The third-order valence-corrected chi connectivity index (χ3v) is 13.2. The lowest BCUT2D eigenvalue weighted by Gasteiger charge is -2.48. The number of carbonyl (C=O) groups excluding carboxylic acids is 1. The van der Waals surface area contributed by atoms with Gasteiger partial charge in [-0.1, -0.05) is 92.6 Å². The lowest BCUT2D eigenvalue weighted by atomic mass is 9.55. The van der Waals surface area contributed by atoms with E-state index in [1.165, 1.54) is 23.8 Å². The molecule has 5 aliphatic rings. The number of Topliss-reactive ketones (excluding diaryl/α,β-unsaturated/α-hetero) is 1. The first-order chi connectivity index (χ1) is 21.6. The van der Waals surface area contributed by atoms with E-state index in [9.17, 15) is 20.1 Å². The third kappa shape index (κ3) is 3.67. The smallest absolute Gasteiger partial charge is 0.185 e. The Hall–Kier alpha value is -3.09. The van der Waals surface area contributed by atoms with Crippen LogP contribution in [0.15, 0.2) is 72.8 Å². The fraction of sp³-hybridized carbons (Fsp3) is 0.475. The van der Waals surface area contributed by atoms with Crippen molar-refractivity contribution in [3.8, 4) is 0 Å². The normalized spacial score (nSPS) is 36.5. The molecule has 3 fully saturated rings. The Labute approximate surface area is 265 Å². The molecule has 3 saturated carbocycles. The molecule has 7 atom stereocenters. The van der Waals surface area contributed by atoms with E-state index < -0.39 is 28.6 Å². The lowest BCUT2D eigenvalue weighted by molar-refractivity contribution is -0.254. The molecule has 3 N–H and O–H groups in total. The van der Waals surface area contributed by atoms with Crippen LogP contribution in [0.2, 0.25) is 0 Å². The van der Waals surface area contributed by atoms with E-state index in [1.54, 1.807) is 0 Å². The molecule has 5 aliphatic carbocycles. The molecule has 0 aliphatic heterocycles. The van der Waals surface area contributed by atoms with Gasteiger partial charge < -0.3 is 20.1 Å². The first-order valence-electron chi connectivity index (χ1n) is 16.8. The first kappa shape index (κ1) is 29.3. The highest BCUT2D eigenvalue weighted by Gasteiger charge is 2.80. The minimum atomic E-state index is -1.74. The molecule has 0 aromatic heterocycles. The molecule has 0 amide bonds. The maximum absolute atomic E-state index is 14.8. The summed E-state index contributed by atoms with van der Waals surface area (Å²) in [6.45, 7) is 6.47. The molecule has 3 aromatic carbocycles. The number of aryl methyl sites for hydroxylation is 1. The minimum absolute atomic E-state index is 0.0254. The molecule has 45 heavy (non-hydrogen) atoms. The van der Waals surface area contributed by atoms with Gasteiger partial charge in [0.2, 0.25) is 0 Å². The number of benzene rings is 3. The van der Waals surface area contributed by atoms with Crippen molar-refractivity contribution in [1.29, 1.82) is 0 Å². The number of rotatable bonds is 2. The van der Waals surface area contributed by atoms with Crippen LogP contribution in [0.25, 0.3) is 16.8 Å². The lowest BCUT2D eigenvalue weighted by Crippen LogP contribution is -2.56. The fourth-order valence-electron chi connectivity index (χ4n) is 11.1. The van der Waals surface area contributed by atoms with Crippen LogP contribution in [-0.4, -0.2) is 46.7 Å². The van der Waals surface area contributed by atoms with E-state index in [4.69, 9.17) is 4.74 Å². The summed E-state index contributed by atoms with van der Waals surface area (Å²) in [4.78, 5) is 14.8. The SMILES string of the molecule is C=C1[C@H]2[C@@H](CO)C[C@]3(C(=O)CCc4cccc(c4)C4(CCCC4)[C@@H]4c5cc6cc(ccc6cc5C=C[C@@H]4O)C[C@]13C)[C@@]2(O)OC. The Balaban J connectivity index is 1.37. The van der Waals surface area contributed by atoms with Crippen LogP contribution >= 0.6 is 0 Å². The zero-order valence-electron chi connectivity index (χ0n) is 26.4. The summed E-state index contributed by atoms with van der Waals surface area (Å²) in [5.41, 5.74) is 4.34. The van der Waals surface area contributed by atoms with Gasteiger partial charge in [0.1, 0.15) is 5.78 Å². The topological polar surface area (TPSA) is 87.0 Å². The Kier molecular flexibility index (Phi) is 6.49. The molecule has 234 valence electrons. The number of aliphatic hydroxyl groups excluding tert-OH is 2. The molecule has 7 bridgehead atoms. The van der Waals surface area contributed by atoms with Crippen LogP contribution in [0.5, 0.6) is 0 Å². The fourth-order valence-corrected chi connectivity index (χ4v) is 11.1. The summed E-state index contributed by atoms with van der Waals surface area (Å²) in [5.74, 6) is -2.65. The van der Waals surface area contributed by atoms with Gasteiger partial charge in [-0.25, -0.2) is 0 Å². The van der Waals surface area contributed by atoms with Crippen molar-refractivity contribution in [2.24, 2.45) is 22.7 Å². The molecule has 5 nitrogen and oxygen atoms in total. The molecular weight excluding hydrogens is 560 g/mol. The van der Waals surface area contributed by atoms with E-state index in [2.05, 4.69) is 74.2 Å². The number of carbonyl (C=O) groups is 1. The van der Waals surface area contributed by atoms with E-state index in [0.717, 1.165) is 53.2 Å². The van der Waals surface area contributed by atoms with Gasteiger partial charge in [0.15, 0.2) is 5.79 Å². The molecule has 2 spiro atoms. The molecular formula is C40H44O5. The van der Waals surface area contributed by atoms with Crippen molar-refractivity contribution in [3.63, 3.8) is 0 Å². The van der Waals surface area contributed by atoms with Gasteiger partial charge in [-0.15, -0.1) is 0 Å². The number of ether oxygens (including phenoxy) is 1. The van der Waals surface area contributed by atoms with E-state index >= 15 is 0 Å². The molecule has 8 rings (SSSR count). The van der Waals surface area contributed by atoms with Crippen molar-refractivity contribution in [2.75, 3.05) is 13.7 Å². The molecule has 0 radical (unpaired) electrons. The molecule has 0 saturated heterocycles. The molecule has 3 aromatic rings. The second kappa shape index (κ2) is 9.95. The van der Waals surface area contributed by atoms with E-state index in [0.29, 0.717) is 19.3 Å². The largest absolute Gasteiger partial charge is 0.396 e. The number of aliphatic hydroxyl groups is 3. The monoisotopic (exact) mass is 604 g/mol. The Morgan fingerprint density at radius 2 is 1.78 bits per heavy atom. The summed E-state index contributed by atoms with van der Waals surface area (Å²) < 4.78 is 5.96. The average molecular weight is 605 g/mol. The van der Waals surface area contributed by atoms with E-state index in [-0.39, 0.29) is 36.1 Å². The van der Waals surface area contributed by atoms with Crippen molar-refractivity contribution >= 4 is 22.6 Å². The third-order valence-electron chi connectivity index (χ3n) is 13.2. The zero-order chi connectivity index (χ0) is 31.4. The Morgan fingerprint density at radius 3 is 2.53 bits per heavy atom. The van der Waals surface area contributed by atoms with Crippen LogP contribution in [0, 0.1) is 22.7 Å². The number of hydrogen-bond acceptors (Lipinski definition) is 5. The summed E-state index contributed by atoms with van der Waals surface area (Å²) in [6, 6.07) is 19.8. The predicted octanol–water partition coefficient (Wildman–Crippen LogP) is 6.41. The van der Waals surface area contributed by atoms with Gasteiger partial charge in [-0.3, -0.25) is 4.79 Å². The van der Waals surface area contributed by atoms with Gasteiger partial charge in [0.05, 0.1) is 11.5 Å². The highest BCUT2D eigenvalue weighted by molar-refractivity contribution is 5.90. The average Bonchev–Trinajstić information content (AvgIpc) is 3.67. The summed E-state index contributed by atoms with van der Waals surface area (Å²) in [5, 5.41) is 36.7. The Morgan fingerprint density at radius 1 is 0.978 bits per heavy atom. The summed E-state index contributed by atoms with van der Waals surface area (Å²) in [7, 11) is 1.49. The van der Waals surface area contributed by atoms with Crippen LogP contribution in [0.3, 0.4) is 0 Å². The van der Waals surface area contributed by atoms with Crippen molar-refractivity contribution in [2.45, 2.75) is 81.5 Å². The first-order valence-corrected chi connectivity index (χ1v) is 16.8. The van der Waals surface area contributed by atoms with Crippen molar-refractivity contribution in [3.05, 3.63) is 101 Å². The number of hydrogen-bond donors (Lipinski definition) is 3. The van der Waals surface area contributed by atoms with Gasteiger partial charge in [0, 0.05) is 42.8 Å². The second-order valence-electron chi connectivity index (χ2n) is 14.9. The van der Waals surface area contributed by atoms with Crippen LogP contribution < -0.4 is 0 Å². The molecule has 0 unspecified atom stereocenters. The number of methoxy groups -OCH3 is 1. The zero-order valence-corrected chi connectivity index (χ0v) is 26.4. The van der Waals surface area contributed by atoms with Crippen LogP contribution in [-0.2, 0) is 27.8 Å². The van der Waals surface area contributed by atoms with Crippen molar-refractivity contribution < 1.29 is 24.9 Å². The van der Waals surface area contributed by atoms with Crippen LogP contribution in [0.1, 0.15) is 79.2 Å². The van der Waals surface area contributed by atoms with E-state index in [1.807, 2.05) is 6.08 Å². The quantitative estimate of drug-likeness (QED) is 0.233. The highest BCUT2D eigenvalue weighted by atomic mass is 16.6. The van der Waals surface area contributed by atoms with Gasteiger partial charge in [-0.2, -0.15) is 0 Å². The standard InChI is InChI=1S/C40H44O5/c1-24-35-30(23-41)22-39(40(35,44)45-3)34(43)14-10-25-7-6-8-31(18-25)38(15-4-5-16-38)36-32-20-29-17-26(21-37(24,39)2)9-11-27(29)19-28(32)12-13-33(36)42/h6-9,11-13,17-20,30,33,35-36,41-42,44H,1,4-5,10,14-16,21-23H2,2-3H3/t30-,33+,35+,36-,37-,39-,40+/m1/s1. The maximum Gasteiger partial charge on any atom is 0.185 e. The number of ketones is 1. The summed E-state index contributed by atoms with van der Waals surface area (Å²) in [6.07, 6.45) is 9.43. The summed E-state index contributed by atoms with van der Waals surface area (Å²) >= 11 is 0. The van der Waals surface area contributed by atoms with Gasteiger partial charge >= 0.3 is 0 Å².